The van der Waals surface area contributed by atoms with Crippen molar-refractivity contribution >= 4 is 20.7 Å². The first-order valence-electron chi connectivity index (χ1n) is 7.45. The fraction of sp³-hybridized carbons (Fsp3) is 0.222. The van der Waals surface area contributed by atoms with Crippen LogP contribution in [0.2, 0.25) is 0 Å². The summed E-state index contributed by atoms with van der Waals surface area (Å²) in [6.07, 6.45) is 3.16. The van der Waals surface area contributed by atoms with E-state index in [0.717, 1.165) is 22.2 Å². The van der Waals surface area contributed by atoms with Crippen molar-refractivity contribution in [2.45, 2.75) is 13.2 Å². The van der Waals surface area contributed by atoms with Crippen molar-refractivity contribution in [2.24, 2.45) is 0 Å². The summed E-state index contributed by atoms with van der Waals surface area (Å²) in [4.78, 5) is 0. The lowest BCUT2D eigenvalue weighted by Crippen LogP contribution is -2.10. The number of nitrogens with zero attached hydrogens (tertiary/aromatic N) is 1. The van der Waals surface area contributed by atoms with Gasteiger partial charge >= 0.3 is 0 Å². The van der Waals surface area contributed by atoms with Gasteiger partial charge in [0.25, 0.3) is 0 Å². The van der Waals surface area contributed by atoms with Gasteiger partial charge in [-0.3, -0.25) is 0 Å². The molecule has 4 nitrogen and oxygen atoms in total. The maximum atomic E-state index is 11.4. The van der Waals surface area contributed by atoms with E-state index in [9.17, 15) is 8.42 Å². The monoisotopic (exact) mass is 329 g/mol. The Kier molecular flexibility index (Phi) is 4.39. The van der Waals surface area contributed by atoms with E-state index in [4.69, 9.17) is 4.74 Å². The highest BCUT2D eigenvalue weighted by atomic mass is 32.2. The molecule has 0 aliphatic heterocycles. The highest BCUT2D eigenvalue weighted by molar-refractivity contribution is 7.90. The van der Waals surface area contributed by atoms with E-state index in [0.29, 0.717) is 13.2 Å². The molecule has 0 atom stereocenters. The Morgan fingerprint density at radius 1 is 1.00 bits per heavy atom. The van der Waals surface area contributed by atoms with Crippen molar-refractivity contribution in [1.82, 2.24) is 4.57 Å². The van der Waals surface area contributed by atoms with Crippen molar-refractivity contribution in [1.29, 1.82) is 0 Å². The summed E-state index contributed by atoms with van der Waals surface area (Å²) >= 11 is 0. The van der Waals surface area contributed by atoms with Crippen LogP contribution in [-0.2, 0) is 23.0 Å². The Labute approximate surface area is 136 Å². The second kappa shape index (κ2) is 6.46. The van der Waals surface area contributed by atoms with Gasteiger partial charge in [0.05, 0.1) is 11.3 Å². The van der Waals surface area contributed by atoms with Gasteiger partial charge in [0.1, 0.15) is 22.2 Å². The number of sulfone groups is 1. The Morgan fingerprint density at radius 3 is 2.52 bits per heavy atom. The predicted octanol–water partition coefficient (Wildman–Crippen LogP) is 3.26. The van der Waals surface area contributed by atoms with Gasteiger partial charge in [-0.05, 0) is 23.8 Å². The quantitative estimate of drug-likeness (QED) is 0.697. The van der Waals surface area contributed by atoms with Crippen molar-refractivity contribution in [3.8, 4) is 5.75 Å². The normalized spacial score (nSPS) is 11.7. The topological polar surface area (TPSA) is 48.3 Å². The highest BCUT2D eigenvalue weighted by Gasteiger charge is 2.09. The van der Waals surface area contributed by atoms with Crippen molar-refractivity contribution in [2.75, 3.05) is 12.0 Å². The molecule has 0 fully saturated rings. The minimum Gasteiger partial charge on any atom is -0.488 e. The third-order valence-corrected chi connectivity index (χ3v) is 4.64. The highest BCUT2D eigenvalue weighted by Crippen LogP contribution is 2.27. The zero-order valence-electron chi connectivity index (χ0n) is 13.0. The molecule has 3 rings (SSSR count). The van der Waals surface area contributed by atoms with Crippen LogP contribution >= 0.6 is 0 Å². The third kappa shape index (κ3) is 3.93. The molecule has 1 aromatic heterocycles. The summed E-state index contributed by atoms with van der Waals surface area (Å²) in [7, 11) is -2.98. The first-order chi connectivity index (χ1) is 11.0. The van der Waals surface area contributed by atoms with Gasteiger partial charge in [0, 0.05) is 24.4 Å². The third-order valence-electron chi connectivity index (χ3n) is 3.71. The second-order valence-corrected chi connectivity index (χ2v) is 7.86. The van der Waals surface area contributed by atoms with Crippen LogP contribution in [0.3, 0.4) is 0 Å². The van der Waals surface area contributed by atoms with Crippen LogP contribution in [0.1, 0.15) is 5.56 Å². The summed E-state index contributed by atoms with van der Waals surface area (Å²) in [6, 6.07) is 17.8. The largest absolute Gasteiger partial charge is 0.488 e. The number of rotatable bonds is 6. The molecule has 0 aliphatic rings. The first kappa shape index (κ1) is 15.6. The van der Waals surface area contributed by atoms with Crippen molar-refractivity contribution < 1.29 is 13.2 Å². The number of hydrogen-bond acceptors (Lipinski definition) is 3. The SMILES string of the molecule is CS(=O)(=O)CCn1ccc2c(OCc3ccccc3)cccc21. The number of aryl methyl sites for hydroxylation is 1. The smallest absolute Gasteiger partial charge is 0.149 e. The number of aromatic nitrogens is 1. The number of fused-ring (bicyclic) bond motifs is 1. The van der Waals surface area contributed by atoms with E-state index < -0.39 is 9.84 Å². The summed E-state index contributed by atoms with van der Waals surface area (Å²) in [5.41, 5.74) is 2.10. The lowest BCUT2D eigenvalue weighted by molar-refractivity contribution is 0.310. The van der Waals surface area contributed by atoms with Gasteiger partial charge in [-0.1, -0.05) is 36.4 Å². The standard InChI is InChI=1S/C18H19NO3S/c1-23(20,21)13-12-19-11-10-16-17(19)8-5-9-18(16)22-14-15-6-3-2-4-7-15/h2-11H,12-14H2,1H3. The molecule has 3 aromatic rings. The molecular formula is C18H19NO3S. The van der Waals surface area contributed by atoms with Crippen molar-refractivity contribution in [3.05, 3.63) is 66.4 Å². The molecule has 0 aliphatic carbocycles. The lowest BCUT2D eigenvalue weighted by Gasteiger charge is -2.09. The average molecular weight is 329 g/mol. The van der Waals surface area contributed by atoms with Gasteiger partial charge in [-0.25, -0.2) is 8.42 Å². The van der Waals surface area contributed by atoms with Crippen LogP contribution in [0.15, 0.2) is 60.8 Å². The van der Waals surface area contributed by atoms with E-state index in [2.05, 4.69) is 0 Å². The lowest BCUT2D eigenvalue weighted by atomic mass is 10.2. The van der Waals surface area contributed by atoms with Gasteiger partial charge in [-0.15, -0.1) is 0 Å². The number of benzene rings is 2. The summed E-state index contributed by atoms with van der Waals surface area (Å²) in [5, 5.41) is 0.997. The average Bonchev–Trinajstić information content (AvgIpc) is 2.95. The molecular weight excluding hydrogens is 310 g/mol. The zero-order valence-corrected chi connectivity index (χ0v) is 13.8. The van der Waals surface area contributed by atoms with Gasteiger partial charge in [0.15, 0.2) is 0 Å². The Balaban J connectivity index is 1.81. The minimum absolute atomic E-state index is 0.131. The fourth-order valence-electron chi connectivity index (χ4n) is 2.52. The van der Waals surface area contributed by atoms with Gasteiger partial charge < -0.3 is 9.30 Å². The molecule has 0 amide bonds. The van der Waals surface area contributed by atoms with Crippen LogP contribution < -0.4 is 4.74 Å². The molecule has 0 N–H and O–H groups in total. The molecule has 120 valence electrons. The number of ether oxygens (including phenoxy) is 1. The number of hydrogen-bond donors (Lipinski definition) is 0. The van der Waals surface area contributed by atoms with Gasteiger partial charge in [-0.2, -0.15) is 0 Å². The van der Waals surface area contributed by atoms with Crippen LogP contribution in [0.4, 0.5) is 0 Å². The van der Waals surface area contributed by atoms with E-state index >= 15 is 0 Å². The molecule has 0 radical (unpaired) electrons. The zero-order chi connectivity index (χ0) is 16.3. The first-order valence-corrected chi connectivity index (χ1v) is 9.51. The molecule has 2 aromatic carbocycles. The summed E-state index contributed by atoms with van der Waals surface area (Å²) < 4.78 is 30.6. The summed E-state index contributed by atoms with van der Waals surface area (Å²) in [5.74, 6) is 0.941. The summed E-state index contributed by atoms with van der Waals surface area (Å²) in [6.45, 7) is 0.957. The molecule has 5 heteroatoms. The van der Waals surface area contributed by atoms with E-state index in [1.807, 2.05) is 65.4 Å². The van der Waals surface area contributed by atoms with Crippen LogP contribution in [0, 0.1) is 0 Å². The van der Waals surface area contributed by atoms with Crippen LogP contribution in [-0.4, -0.2) is 25.0 Å². The van der Waals surface area contributed by atoms with Gasteiger partial charge in [0.2, 0.25) is 0 Å². The fourth-order valence-corrected chi connectivity index (χ4v) is 3.04. The molecule has 0 saturated carbocycles. The van der Waals surface area contributed by atoms with E-state index in [-0.39, 0.29) is 5.75 Å². The minimum atomic E-state index is -2.98. The molecule has 1 heterocycles. The van der Waals surface area contributed by atoms with Crippen molar-refractivity contribution in [3.63, 3.8) is 0 Å². The van der Waals surface area contributed by atoms with E-state index in [1.165, 1.54) is 6.26 Å². The Hall–Kier alpha value is -2.27. The molecule has 0 unspecified atom stereocenters. The molecule has 0 saturated heterocycles. The Morgan fingerprint density at radius 2 is 1.78 bits per heavy atom. The predicted molar refractivity (Wildman–Crippen MR) is 92.4 cm³/mol. The second-order valence-electron chi connectivity index (χ2n) is 5.60. The Bertz CT molecular complexity index is 898. The maximum Gasteiger partial charge on any atom is 0.149 e. The van der Waals surface area contributed by atoms with Crippen LogP contribution in [0.25, 0.3) is 10.9 Å². The van der Waals surface area contributed by atoms with Crippen LogP contribution in [0.5, 0.6) is 5.75 Å². The van der Waals surface area contributed by atoms with E-state index in [1.54, 1.807) is 0 Å². The molecule has 23 heavy (non-hydrogen) atoms. The molecule has 0 bridgehead atoms. The molecule has 0 spiro atoms. The maximum absolute atomic E-state index is 11.4.